The Hall–Kier alpha value is -2.14. The van der Waals surface area contributed by atoms with E-state index in [0.717, 1.165) is 39.4 Å². The molecule has 0 saturated heterocycles. The summed E-state index contributed by atoms with van der Waals surface area (Å²) in [6.07, 6.45) is 2.79. The summed E-state index contributed by atoms with van der Waals surface area (Å²) in [6.45, 7) is 15.8. The molecule has 0 atom stereocenters. The van der Waals surface area contributed by atoms with Crippen LogP contribution in [0.25, 0.3) is 16.2 Å². The molecular weight excluding hydrogens is 356 g/mol. The highest BCUT2D eigenvalue weighted by Crippen LogP contribution is 2.43. The van der Waals surface area contributed by atoms with Crippen LogP contribution in [0.1, 0.15) is 70.1 Å². The van der Waals surface area contributed by atoms with E-state index in [0.29, 0.717) is 12.3 Å². The summed E-state index contributed by atoms with van der Waals surface area (Å²) in [5.41, 5.74) is 4.37. The van der Waals surface area contributed by atoms with Crippen molar-refractivity contribution < 1.29 is 9.53 Å². The summed E-state index contributed by atoms with van der Waals surface area (Å²) in [4.78, 5) is 17.4. The Morgan fingerprint density at radius 2 is 1.70 bits per heavy atom. The van der Waals surface area contributed by atoms with Crippen molar-refractivity contribution in [2.75, 3.05) is 6.61 Å². The molecule has 2 aromatic heterocycles. The van der Waals surface area contributed by atoms with Gasteiger partial charge in [0.05, 0.1) is 6.61 Å². The van der Waals surface area contributed by atoms with Crippen molar-refractivity contribution in [1.29, 1.82) is 0 Å². The molecule has 0 N–H and O–H groups in total. The summed E-state index contributed by atoms with van der Waals surface area (Å²) < 4.78 is 7.98. The van der Waals surface area contributed by atoms with Gasteiger partial charge in [0.1, 0.15) is 17.1 Å². The molecule has 1 aromatic carbocycles. The minimum atomic E-state index is -0.0982. The molecular formula is C22H28N2O2S. The molecule has 0 radical (unpaired) electrons. The van der Waals surface area contributed by atoms with Gasteiger partial charge in [0.15, 0.2) is 11.2 Å². The van der Waals surface area contributed by atoms with Gasteiger partial charge in [-0.3, -0.25) is 9.20 Å². The molecule has 0 aliphatic carbocycles. The number of carbonyl (C=O) groups is 1. The van der Waals surface area contributed by atoms with Crippen LogP contribution in [0.3, 0.4) is 0 Å². The molecule has 27 heavy (non-hydrogen) atoms. The Labute approximate surface area is 165 Å². The minimum Gasteiger partial charge on any atom is -0.493 e. The van der Waals surface area contributed by atoms with E-state index >= 15 is 0 Å². The first kappa shape index (κ1) is 19.6. The smallest absolute Gasteiger partial charge is 0.194 e. The average Bonchev–Trinajstić information content (AvgIpc) is 3.13. The van der Waals surface area contributed by atoms with Crippen LogP contribution in [0.15, 0.2) is 23.7 Å². The Kier molecular flexibility index (Phi) is 4.93. The second-order valence-electron chi connectivity index (χ2n) is 8.85. The molecule has 0 spiro atoms. The standard InChI is InChI=1S/C22H28N2O2S/c1-8-26-19-15(21(2,3)4)11-14(12-16(19)22(5,6)7)18-17(13-25)24-9-10-27-20(24)23-18/h9-13H,8H2,1-7H3. The average molecular weight is 385 g/mol. The van der Waals surface area contributed by atoms with Crippen molar-refractivity contribution >= 4 is 22.6 Å². The van der Waals surface area contributed by atoms with Gasteiger partial charge in [0.25, 0.3) is 0 Å². The molecule has 0 unspecified atom stereocenters. The van der Waals surface area contributed by atoms with Crippen molar-refractivity contribution in [3.8, 4) is 17.0 Å². The molecule has 0 saturated carbocycles. The summed E-state index contributed by atoms with van der Waals surface area (Å²) in [5, 5.41) is 1.94. The lowest BCUT2D eigenvalue weighted by atomic mass is 9.78. The fourth-order valence-corrected chi connectivity index (χ4v) is 4.03. The molecule has 3 rings (SSSR count). The first-order valence-electron chi connectivity index (χ1n) is 9.30. The van der Waals surface area contributed by atoms with Gasteiger partial charge in [0, 0.05) is 28.3 Å². The molecule has 144 valence electrons. The second-order valence-corrected chi connectivity index (χ2v) is 9.73. The normalized spacial score (nSPS) is 12.6. The van der Waals surface area contributed by atoms with Gasteiger partial charge in [-0.05, 0) is 29.9 Å². The van der Waals surface area contributed by atoms with Gasteiger partial charge in [-0.1, -0.05) is 41.5 Å². The van der Waals surface area contributed by atoms with Crippen LogP contribution in [0.2, 0.25) is 0 Å². The van der Waals surface area contributed by atoms with Crippen LogP contribution < -0.4 is 4.74 Å². The number of fused-ring (bicyclic) bond motifs is 1. The van der Waals surface area contributed by atoms with Crippen LogP contribution in [0.4, 0.5) is 0 Å². The lowest BCUT2D eigenvalue weighted by Gasteiger charge is -2.30. The first-order chi connectivity index (χ1) is 12.6. The SMILES string of the molecule is CCOc1c(C(C)(C)C)cc(-c2nc3sccn3c2C=O)cc1C(C)(C)C. The van der Waals surface area contributed by atoms with Gasteiger partial charge < -0.3 is 4.74 Å². The van der Waals surface area contributed by atoms with Gasteiger partial charge in [-0.25, -0.2) is 4.98 Å². The van der Waals surface area contributed by atoms with Gasteiger partial charge in [0.2, 0.25) is 0 Å². The summed E-state index contributed by atoms with van der Waals surface area (Å²) >= 11 is 1.53. The Bertz CT molecular complexity index is 949. The number of aldehydes is 1. The number of ether oxygens (including phenoxy) is 1. The lowest BCUT2D eigenvalue weighted by molar-refractivity contribution is 0.111. The third-order valence-corrected chi connectivity index (χ3v) is 5.43. The van der Waals surface area contributed by atoms with E-state index in [2.05, 4.69) is 53.7 Å². The van der Waals surface area contributed by atoms with Crippen molar-refractivity contribution in [3.63, 3.8) is 0 Å². The van der Waals surface area contributed by atoms with Crippen molar-refractivity contribution in [3.05, 3.63) is 40.5 Å². The number of benzene rings is 1. The minimum absolute atomic E-state index is 0.0982. The Balaban J connectivity index is 2.36. The number of nitrogens with zero attached hydrogens (tertiary/aromatic N) is 2. The highest BCUT2D eigenvalue weighted by Gasteiger charge is 2.29. The predicted molar refractivity (Wildman–Crippen MR) is 112 cm³/mol. The molecule has 3 aromatic rings. The maximum atomic E-state index is 11.8. The highest BCUT2D eigenvalue weighted by molar-refractivity contribution is 7.15. The topological polar surface area (TPSA) is 43.6 Å². The zero-order chi connectivity index (χ0) is 20.0. The third-order valence-electron chi connectivity index (χ3n) is 4.68. The summed E-state index contributed by atoms with van der Waals surface area (Å²) in [5.74, 6) is 0.954. The Morgan fingerprint density at radius 1 is 1.11 bits per heavy atom. The monoisotopic (exact) mass is 384 g/mol. The third kappa shape index (κ3) is 3.53. The van der Waals surface area contributed by atoms with Gasteiger partial charge in [-0.2, -0.15) is 0 Å². The first-order valence-corrected chi connectivity index (χ1v) is 10.2. The molecule has 0 aliphatic rings. The van der Waals surface area contributed by atoms with Crippen molar-refractivity contribution in [1.82, 2.24) is 9.38 Å². The van der Waals surface area contributed by atoms with Gasteiger partial charge in [-0.15, -0.1) is 11.3 Å². The van der Waals surface area contributed by atoms with Crippen LogP contribution >= 0.6 is 11.3 Å². The highest BCUT2D eigenvalue weighted by atomic mass is 32.1. The van der Waals surface area contributed by atoms with E-state index < -0.39 is 0 Å². The van der Waals surface area contributed by atoms with E-state index in [4.69, 9.17) is 9.72 Å². The Morgan fingerprint density at radius 3 is 2.19 bits per heavy atom. The van der Waals surface area contributed by atoms with E-state index in [1.54, 1.807) is 0 Å². The molecule has 2 heterocycles. The van der Waals surface area contributed by atoms with E-state index in [1.807, 2.05) is 22.9 Å². The number of hydrogen-bond donors (Lipinski definition) is 0. The van der Waals surface area contributed by atoms with E-state index in [9.17, 15) is 4.79 Å². The molecule has 5 heteroatoms. The molecule has 0 fully saturated rings. The number of carbonyl (C=O) groups excluding carboxylic acids is 1. The maximum absolute atomic E-state index is 11.8. The fraction of sp³-hybridized carbons (Fsp3) is 0.455. The number of thiazole rings is 1. The largest absolute Gasteiger partial charge is 0.493 e. The molecule has 0 bridgehead atoms. The number of aromatic nitrogens is 2. The molecule has 4 nitrogen and oxygen atoms in total. The fourth-order valence-electron chi connectivity index (χ4n) is 3.31. The zero-order valence-electron chi connectivity index (χ0n) is 17.2. The van der Waals surface area contributed by atoms with Crippen molar-refractivity contribution in [2.45, 2.75) is 59.3 Å². The zero-order valence-corrected chi connectivity index (χ0v) is 18.0. The lowest BCUT2D eigenvalue weighted by Crippen LogP contribution is -2.20. The quantitative estimate of drug-likeness (QED) is 0.528. The maximum Gasteiger partial charge on any atom is 0.194 e. The van der Waals surface area contributed by atoms with Crippen LogP contribution in [-0.4, -0.2) is 22.3 Å². The molecule has 0 amide bonds. The second kappa shape index (κ2) is 6.79. The van der Waals surface area contributed by atoms with E-state index in [1.165, 1.54) is 11.3 Å². The predicted octanol–water partition coefficient (Wildman–Crippen LogP) is 5.87. The number of hydrogen-bond acceptors (Lipinski definition) is 4. The molecule has 0 aliphatic heterocycles. The summed E-state index contributed by atoms with van der Waals surface area (Å²) in [6, 6.07) is 4.28. The van der Waals surface area contributed by atoms with Gasteiger partial charge >= 0.3 is 0 Å². The number of rotatable bonds is 4. The van der Waals surface area contributed by atoms with Crippen LogP contribution in [0, 0.1) is 0 Å². The van der Waals surface area contributed by atoms with E-state index in [-0.39, 0.29) is 10.8 Å². The number of imidazole rings is 1. The summed E-state index contributed by atoms with van der Waals surface area (Å²) in [7, 11) is 0. The van der Waals surface area contributed by atoms with Crippen LogP contribution in [0.5, 0.6) is 5.75 Å². The van der Waals surface area contributed by atoms with Crippen molar-refractivity contribution in [2.24, 2.45) is 0 Å². The van der Waals surface area contributed by atoms with Crippen LogP contribution in [-0.2, 0) is 10.8 Å².